The zero-order valence-corrected chi connectivity index (χ0v) is 14.0. The lowest BCUT2D eigenvalue weighted by molar-refractivity contribution is 0.167. The summed E-state index contributed by atoms with van der Waals surface area (Å²) in [6.45, 7) is 6.16. The molecule has 0 saturated heterocycles. The van der Waals surface area contributed by atoms with E-state index in [1.54, 1.807) is 18.2 Å². The van der Waals surface area contributed by atoms with E-state index in [0.29, 0.717) is 22.9 Å². The van der Waals surface area contributed by atoms with Crippen LogP contribution < -0.4 is 15.2 Å². The molecule has 122 valence electrons. The second-order valence-electron chi connectivity index (χ2n) is 5.30. The van der Waals surface area contributed by atoms with Crippen LogP contribution in [0.2, 0.25) is 0 Å². The molecular weight excluding hydrogens is 302 g/mol. The predicted molar refractivity (Wildman–Crippen MR) is 88.5 cm³/mol. The highest BCUT2D eigenvalue weighted by Crippen LogP contribution is 2.35. The lowest BCUT2D eigenvalue weighted by Gasteiger charge is -2.23. The van der Waals surface area contributed by atoms with Crippen LogP contribution in [0.25, 0.3) is 0 Å². The number of hydrogen-bond acceptors (Lipinski definition) is 4. The number of anilines is 1. The molecule has 6 nitrogen and oxygen atoms in total. The molecule has 1 aromatic carbocycles. The first-order valence-corrected chi connectivity index (χ1v) is 9.08. The number of nitrogens with two attached hydrogens (primary N) is 1. The number of ether oxygens (including phenoxy) is 1. The topological polar surface area (TPSA) is 93.8 Å². The van der Waals surface area contributed by atoms with Crippen molar-refractivity contribution >= 4 is 21.7 Å². The van der Waals surface area contributed by atoms with Crippen molar-refractivity contribution < 1.29 is 13.2 Å². The number of fused-ring (bicyclic) bond motifs is 1. The maximum Gasteiger partial charge on any atom is 0.344 e. The van der Waals surface area contributed by atoms with Gasteiger partial charge in [0.15, 0.2) is 5.84 Å². The van der Waals surface area contributed by atoms with Gasteiger partial charge in [-0.25, -0.2) is 0 Å². The Labute approximate surface area is 132 Å². The Morgan fingerprint density at radius 1 is 1.32 bits per heavy atom. The first kappa shape index (κ1) is 16.6. The zero-order chi connectivity index (χ0) is 16.3. The predicted octanol–water partition coefficient (Wildman–Crippen LogP) is 2.66. The summed E-state index contributed by atoms with van der Waals surface area (Å²) in [5.41, 5.74) is 6.73. The van der Waals surface area contributed by atoms with Crippen LogP contribution in [0.5, 0.6) is 5.75 Å². The molecule has 0 amide bonds. The second-order valence-corrected chi connectivity index (χ2v) is 6.63. The number of nitrogens with one attached hydrogen (secondary N) is 1. The minimum absolute atomic E-state index is 0.0278. The highest BCUT2D eigenvalue weighted by molar-refractivity contribution is 7.91. The lowest BCUT2D eigenvalue weighted by atomic mass is 10.1. The van der Waals surface area contributed by atoms with Gasteiger partial charge in [-0.15, -0.1) is 4.40 Å². The fraction of sp³-hybridized carbons (Fsp3) is 0.533. The molecule has 1 aromatic rings. The maximum atomic E-state index is 11.5. The number of rotatable bonds is 2. The van der Waals surface area contributed by atoms with Gasteiger partial charge >= 0.3 is 10.2 Å². The molecule has 0 spiro atoms. The Bertz CT molecular complexity index is 671. The van der Waals surface area contributed by atoms with Crippen LogP contribution in [-0.4, -0.2) is 20.4 Å². The van der Waals surface area contributed by atoms with E-state index in [1.165, 1.54) is 0 Å². The Balaban J connectivity index is 0.000000847. The molecule has 22 heavy (non-hydrogen) atoms. The number of hydrogen-bond donors (Lipinski definition) is 2. The molecule has 7 heteroatoms. The van der Waals surface area contributed by atoms with E-state index in [-0.39, 0.29) is 11.9 Å². The van der Waals surface area contributed by atoms with Gasteiger partial charge in [0.05, 0.1) is 11.3 Å². The van der Waals surface area contributed by atoms with Gasteiger partial charge in [0.1, 0.15) is 11.9 Å². The summed E-state index contributed by atoms with van der Waals surface area (Å²) in [6.07, 6.45) is 3.45. The van der Waals surface area contributed by atoms with E-state index in [9.17, 15) is 8.42 Å². The van der Waals surface area contributed by atoms with E-state index >= 15 is 0 Å². The van der Waals surface area contributed by atoms with Crippen LogP contribution in [-0.2, 0) is 10.2 Å². The van der Waals surface area contributed by atoms with E-state index in [2.05, 4.69) is 16.0 Å². The standard InChI is InChI=1S/C13H17N3O3S.C2H6/c1-8-4-2-6-10(8)19-11-7-3-5-9-12(11)13(14)16-20(17,18)15-9;1-2/h3,5,7-8,10,15H,2,4,6H2,1H3,(H2,14,16);1-2H3. The monoisotopic (exact) mass is 325 g/mol. The molecule has 1 saturated carbocycles. The van der Waals surface area contributed by atoms with Crippen LogP contribution in [0.15, 0.2) is 22.6 Å². The molecule has 2 aliphatic rings. The van der Waals surface area contributed by atoms with Gasteiger partial charge in [0.25, 0.3) is 0 Å². The lowest BCUT2D eigenvalue weighted by Crippen LogP contribution is -2.28. The third kappa shape index (κ3) is 3.35. The van der Waals surface area contributed by atoms with E-state index in [1.807, 2.05) is 13.8 Å². The Morgan fingerprint density at radius 2 is 2.05 bits per heavy atom. The highest BCUT2D eigenvalue weighted by Gasteiger charge is 2.29. The van der Waals surface area contributed by atoms with Crippen molar-refractivity contribution in [2.75, 3.05) is 4.72 Å². The quantitative estimate of drug-likeness (QED) is 0.874. The molecule has 1 heterocycles. The molecule has 0 radical (unpaired) electrons. The van der Waals surface area contributed by atoms with Gasteiger partial charge in [-0.1, -0.05) is 26.8 Å². The van der Waals surface area contributed by atoms with Crippen LogP contribution in [0.1, 0.15) is 45.6 Å². The number of amidine groups is 1. The molecule has 3 N–H and O–H groups in total. The van der Waals surface area contributed by atoms with Crippen molar-refractivity contribution in [3.63, 3.8) is 0 Å². The van der Waals surface area contributed by atoms with E-state index in [0.717, 1.165) is 19.3 Å². The van der Waals surface area contributed by atoms with Gasteiger partial charge in [-0.3, -0.25) is 4.72 Å². The zero-order valence-electron chi connectivity index (χ0n) is 13.2. The Kier molecular flexibility index (Phi) is 4.95. The largest absolute Gasteiger partial charge is 0.489 e. The summed E-state index contributed by atoms with van der Waals surface area (Å²) in [5, 5.41) is 0. The van der Waals surface area contributed by atoms with Crippen molar-refractivity contribution in [3.8, 4) is 5.75 Å². The van der Waals surface area contributed by atoms with Crippen molar-refractivity contribution in [2.45, 2.75) is 46.1 Å². The molecule has 1 fully saturated rings. The molecule has 2 unspecified atom stereocenters. The highest BCUT2D eigenvalue weighted by atomic mass is 32.2. The summed E-state index contributed by atoms with van der Waals surface area (Å²) in [5.74, 6) is 1.05. The molecule has 0 bridgehead atoms. The van der Waals surface area contributed by atoms with Crippen LogP contribution in [0.3, 0.4) is 0 Å². The fourth-order valence-corrected chi connectivity index (χ4v) is 3.61. The minimum Gasteiger partial charge on any atom is -0.489 e. The molecular formula is C15H23N3O3S. The average Bonchev–Trinajstić information content (AvgIpc) is 2.85. The number of nitrogens with zero attached hydrogens (tertiary/aromatic N) is 1. The average molecular weight is 325 g/mol. The smallest absolute Gasteiger partial charge is 0.344 e. The normalized spacial score (nSPS) is 25.1. The van der Waals surface area contributed by atoms with Crippen LogP contribution in [0.4, 0.5) is 5.69 Å². The van der Waals surface area contributed by atoms with Crippen LogP contribution in [0, 0.1) is 5.92 Å². The Hall–Kier alpha value is -1.76. The summed E-state index contributed by atoms with van der Waals surface area (Å²) in [6, 6.07) is 5.19. The first-order valence-electron chi connectivity index (χ1n) is 7.64. The molecule has 3 rings (SSSR count). The molecule has 2 atom stereocenters. The molecule has 1 aliphatic heterocycles. The van der Waals surface area contributed by atoms with Crippen molar-refractivity contribution in [3.05, 3.63) is 23.8 Å². The number of benzene rings is 1. The van der Waals surface area contributed by atoms with Gasteiger partial charge in [-0.05, 0) is 37.3 Å². The summed E-state index contributed by atoms with van der Waals surface area (Å²) in [7, 11) is -3.74. The van der Waals surface area contributed by atoms with E-state index in [4.69, 9.17) is 10.5 Å². The van der Waals surface area contributed by atoms with Crippen LogP contribution >= 0.6 is 0 Å². The third-order valence-electron chi connectivity index (χ3n) is 3.80. The minimum atomic E-state index is -3.74. The van der Waals surface area contributed by atoms with E-state index < -0.39 is 10.2 Å². The first-order chi connectivity index (χ1) is 10.5. The SMILES string of the molecule is CC.CC1CCCC1Oc1cccc2c1C(N)=NS(=O)(=O)N2. The summed E-state index contributed by atoms with van der Waals surface area (Å²) >= 11 is 0. The van der Waals surface area contributed by atoms with Gasteiger partial charge in [0, 0.05) is 0 Å². The maximum absolute atomic E-state index is 11.5. The van der Waals surface area contributed by atoms with Gasteiger partial charge in [-0.2, -0.15) is 8.42 Å². The Morgan fingerprint density at radius 3 is 2.68 bits per heavy atom. The third-order valence-corrected chi connectivity index (χ3v) is 4.72. The summed E-state index contributed by atoms with van der Waals surface area (Å²) < 4.78 is 34.9. The van der Waals surface area contributed by atoms with Gasteiger partial charge < -0.3 is 10.5 Å². The van der Waals surface area contributed by atoms with Gasteiger partial charge in [0.2, 0.25) is 0 Å². The second kappa shape index (κ2) is 6.56. The van der Waals surface area contributed by atoms with Crippen molar-refractivity contribution in [1.29, 1.82) is 0 Å². The van der Waals surface area contributed by atoms with Crippen molar-refractivity contribution in [2.24, 2.45) is 16.0 Å². The molecule has 1 aliphatic carbocycles. The summed E-state index contributed by atoms with van der Waals surface area (Å²) in [4.78, 5) is 0. The fourth-order valence-electron chi connectivity index (χ4n) is 2.77. The van der Waals surface area contributed by atoms with Crippen molar-refractivity contribution in [1.82, 2.24) is 0 Å². The molecule has 0 aromatic heterocycles.